The van der Waals surface area contributed by atoms with E-state index in [2.05, 4.69) is 44.2 Å². The molecule has 234 valence electrons. The van der Waals surface area contributed by atoms with E-state index in [1.54, 1.807) is 48.5 Å². The van der Waals surface area contributed by atoms with E-state index in [4.69, 9.17) is 0 Å². The van der Waals surface area contributed by atoms with Crippen LogP contribution in [0.25, 0.3) is 43.6 Å². The first-order valence-electron chi connectivity index (χ1n) is 15.7. The number of hydrogen-bond acceptors (Lipinski definition) is 4. The van der Waals surface area contributed by atoms with Gasteiger partial charge in [0.15, 0.2) is 0 Å². The number of rotatable bonds is 6. The quantitative estimate of drug-likeness (QED) is 0.0928. The van der Waals surface area contributed by atoms with Gasteiger partial charge in [-0.2, -0.15) is 0 Å². The molecule has 8 N–H and O–H groups in total. The Balaban J connectivity index is 1.24. The van der Waals surface area contributed by atoms with Crippen molar-refractivity contribution in [1.82, 2.24) is 19.9 Å². The van der Waals surface area contributed by atoms with Gasteiger partial charge in [0, 0.05) is 80.2 Å². The highest BCUT2D eigenvalue weighted by atomic mass is 16.3. The van der Waals surface area contributed by atoms with Crippen molar-refractivity contribution in [2.45, 2.75) is 11.8 Å². The molecule has 8 heteroatoms. The monoisotopic (exact) mass is 630 g/mol. The summed E-state index contributed by atoms with van der Waals surface area (Å²) in [6.07, 6.45) is 7.96. The average Bonchev–Trinajstić information content (AvgIpc) is 3.89. The summed E-state index contributed by atoms with van der Waals surface area (Å²) in [6, 6.07) is 29.8. The first-order chi connectivity index (χ1) is 23.4. The van der Waals surface area contributed by atoms with E-state index in [9.17, 15) is 20.4 Å². The number of hydrogen-bond donors (Lipinski definition) is 8. The van der Waals surface area contributed by atoms with Gasteiger partial charge >= 0.3 is 0 Å². The summed E-state index contributed by atoms with van der Waals surface area (Å²) in [7, 11) is 0. The van der Waals surface area contributed by atoms with Crippen LogP contribution in [0.5, 0.6) is 23.0 Å². The second-order valence-corrected chi connectivity index (χ2v) is 12.4. The molecule has 0 spiro atoms. The molecule has 0 bridgehead atoms. The Hall–Kier alpha value is -6.54. The lowest BCUT2D eigenvalue weighted by atomic mass is 9.81. The zero-order valence-electron chi connectivity index (χ0n) is 25.5. The van der Waals surface area contributed by atoms with Crippen LogP contribution >= 0.6 is 0 Å². The van der Waals surface area contributed by atoms with E-state index in [-0.39, 0.29) is 34.8 Å². The van der Waals surface area contributed by atoms with Crippen LogP contribution in [0.15, 0.2) is 122 Å². The molecule has 48 heavy (non-hydrogen) atoms. The zero-order valence-corrected chi connectivity index (χ0v) is 25.5. The van der Waals surface area contributed by atoms with Crippen LogP contribution in [0.2, 0.25) is 0 Å². The van der Waals surface area contributed by atoms with Crippen molar-refractivity contribution in [1.29, 1.82) is 0 Å². The summed E-state index contributed by atoms with van der Waals surface area (Å²) in [4.78, 5) is 13.5. The van der Waals surface area contributed by atoms with Crippen LogP contribution < -0.4 is 0 Å². The molecule has 0 saturated carbocycles. The fourth-order valence-electron chi connectivity index (χ4n) is 7.41. The number of phenolic OH excluding ortho intramolecular Hbond substituents is 4. The van der Waals surface area contributed by atoms with Gasteiger partial charge in [0.05, 0.1) is 0 Å². The Morgan fingerprint density at radius 2 is 0.583 bits per heavy atom. The van der Waals surface area contributed by atoms with Crippen LogP contribution in [0.4, 0.5) is 0 Å². The van der Waals surface area contributed by atoms with Gasteiger partial charge in [-0.05, 0) is 106 Å². The van der Waals surface area contributed by atoms with Crippen molar-refractivity contribution in [3.05, 3.63) is 155 Å². The number of H-pyrrole nitrogens is 4. The average molecular weight is 631 g/mol. The Morgan fingerprint density at radius 1 is 0.333 bits per heavy atom. The Kier molecular flexibility index (Phi) is 6.07. The van der Waals surface area contributed by atoms with E-state index >= 15 is 0 Å². The van der Waals surface area contributed by atoms with E-state index < -0.39 is 0 Å². The molecule has 9 aromatic rings. The summed E-state index contributed by atoms with van der Waals surface area (Å²) in [5.41, 5.74) is 9.69. The first kappa shape index (κ1) is 27.7. The number of aromatic nitrogens is 4. The minimum atomic E-state index is -0.237. The molecular formula is C40H30N4O4. The third-order valence-electron chi connectivity index (χ3n) is 9.64. The largest absolute Gasteiger partial charge is 0.508 e. The maximum absolute atomic E-state index is 10.4. The van der Waals surface area contributed by atoms with Gasteiger partial charge in [0.1, 0.15) is 23.0 Å². The summed E-state index contributed by atoms with van der Waals surface area (Å²) in [6.45, 7) is 0. The summed E-state index contributed by atoms with van der Waals surface area (Å²) >= 11 is 0. The van der Waals surface area contributed by atoms with Gasteiger partial charge < -0.3 is 40.4 Å². The Labute approximate surface area is 273 Å². The van der Waals surface area contributed by atoms with Crippen molar-refractivity contribution in [2.24, 2.45) is 0 Å². The number of aromatic hydroxyl groups is 4. The maximum atomic E-state index is 10.4. The van der Waals surface area contributed by atoms with E-state index in [0.29, 0.717) is 0 Å². The number of phenols is 4. The Morgan fingerprint density at radius 3 is 0.833 bits per heavy atom. The second-order valence-electron chi connectivity index (χ2n) is 12.4. The molecule has 5 aromatic carbocycles. The highest BCUT2D eigenvalue weighted by Gasteiger charge is 2.27. The lowest BCUT2D eigenvalue weighted by Crippen LogP contribution is -2.05. The second kappa shape index (κ2) is 10.5. The number of benzene rings is 5. The third-order valence-corrected chi connectivity index (χ3v) is 9.64. The minimum Gasteiger partial charge on any atom is -0.508 e. The summed E-state index contributed by atoms with van der Waals surface area (Å²) < 4.78 is 0. The van der Waals surface area contributed by atoms with Gasteiger partial charge in [-0.3, -0.25) is 0 Å². The Bertz CT molecular complexity index is 2300. The molecule has 0 aliphatic carbocycles. The SMILES string of the molecule is Oc1ccc2[nH]cc(C(c3ccc(C(c4c[nH]c5ccc(O)cc45)c4c[nH]c5ccc(O)cc45)cc3)c3c[nH]c4ccc(O)cc34)c2c1. The molecule has 4 heterocycles. The molecule has 0 saturated heterocycles. The molecule has 0 unspecified atom stereocenters. The van der Waals surface area contributed by atoms with Crippen molar-refractivity contribution < 1.29 is 20.4 Å². The molecule has 0 amide bonds. The van der Waals surface area contributed by atoms with Crippen LogP contribution in [0.1, 0.15) is 45.2 Å². The highest BCUT2D eigenvalue weighted by Crippen LogP contribution is 2.44. The van der Waals surface area contributed by atoms with E-state index in [1.165, 1.54) is 0 Å². The molecule has 0 aliphatic heterocycles. The lowest BCUT2D eigenvalue weighted by molar-refractivity contribution is 0.475. The normalized spacial score (nSPS) is 12.0. The zero-order chi connectivity index (χ0) is 32.5. The number of fused-ring (bicyclic) bond motifs is 4. The fourth-order valence-corrected chi connectivity index (χ4v) is 7.41. The standard InChI is InChI=1S/C40H30N4O4/c45-23-5-9-35-27(13-23)31(17-41-35)39(32-18-42-36-10-6-24(46)14-28(32)36)21-1-2-22(4-3-21)40(33-19-43-37-11-7-25(47)15-29(33)37)34-20-44-38-12-8-26(48)16-30(34)38/h1-20,39-48H. The first-order valence-corrected chi connectivity index (χ1v) is 15.7. The molecular weight excluding hydrogens is 600 g/mol. The number of aromatic amines is 4. The topological polar surface area (TPSA) is 144 Å². The molecule has 4 aromatic heterocycles. The number of nitrogens with one attached hydrogen (secondary N) is 4. The molecule has 0 aliphatic rings. The molecule has 9 rings (SSSR count). The van der Waals surface area contributed by atoms with Crippen molar-refractivity contribution in [3.63, 3.8) is 0 Å². The summed E-state index contributed by atoms with van der Waals surface area (Å²) in [5, 5.41) is 45.4. The van der Waals surface area contributed by atoms with E-state index in [1.807, 2.05) is 49.1 Å². The van der Waals surface area contributed by atoms with E-state index in [0.717, 1.165) is 77.0 Å². The molecule has 0 atom stereocenters. The lowest BCUT2D eigenvalue weighted by Gasteiger charge is -2.21. The van der Waals surface area contributed by atoms with Crippen LogP contribution in [-0.2, 0) is 0 Å². The molecule has 0 fully saturated rings. The van der Waals surface area contributed by atoms with Crippen LogP contribution in [0.3, 0.4) is 0 Å². The minimum absolute atomic E-state index is 0.186. The highest BCUT2D eigenvalue weighted by molar-refractivity contribution is 5.92. The fraction of sp³-hybridized carbons (Fsp3) is 0.0500. The van der Waals surface area contributed by atoms with Crippen molar-refractivity contribution in [2.75, 3.05) is 0 Å². The third kappa shape index (κ3) is 4.38. The van der Waals surface area contributed by atoms with Crippen LogP contribution in [0, 0.1) is 0 Å². The van der Waals surface area contributed by atoms with Crippen molar-refractivity contribution in [3.8, 4) is 23.0 Å². The van der Waals surface area contributed by atoms with Crippen molar-refractivity contribution >= 4 is 43.6 Å². The van der Waals surface area contributed by atoms with Gasteiger partial charge in [0.2, 0.25) is 0 Å². The molecule has 0 radical (unpaired) electrons. The molecule has 8 nitrogen and oxygen atoms in total. The predicted octanol–water partition coefficient (Wildman–Crippen LogP) is 8.79. The van der Waals surface area contributed by atoms with Gasteiger partial charge in [-0.25, -0.2) is 0 Å². The predicted molar refractivity (Wildman–Crippen MR) is 188 cm³/mol. The summed E-state index contributed by atoms with van der Waals surface area (Å²) in [5.74, 6) is 0.271. The van der Waals surface area contributed by atoms with Gasteiger partial charge in [0.25, 0.3) is 0 Å². The maximum Gasteiger partial charge on any atom is 0.116 e. The van der Waals surface area contributed by atoms with Crippen LogP contribution in [-0.4, -0.2) is 40.4 Å². The smallest absolute Gasteiger partial charge is 0.116 e. The van der Waals surface area contributed by atoms with Gasteiger partial charge in [-0.1, -0.05) is 24.3 Å². The van der Waals surface area contributed by atoms with Gasteiger partial charge in [-0.15, -0.1) is 0 Å².